The van der Waals surface area contributed by atoms with Crippen molar-refractivity contribution in [2.75, 3.05) is 5.73 Å². The van der Waals surface area contributed by atoms with Crippen LogP contribution in [0.25, 0.3) is 0 Å². The van der Waals surface area contributed by atoms with E-state index in [-0.39, 0.29) is 11.4 Å². The number of alkyl halides is 3. The molecule has 0 aromatic heterocycles. The van der Waals surface area contributed by atoms with Crippen LogP contribution in [0.15, 0.2) is 42.5 Å². The van der Waals surface area contributed by atoms with Crippen molar-refractivity contribution >= 4 is 5.69 Å². The molecule has 21 heavy (non-hydrogen) atoms. The predicted molar refractivity (Wildman–Crippen MR) is 76.4 cm³/mol. The van der Waals surface area contributed by atoms with Crippen LogP contribution in [-0.4, -0.2) is 0 Å². The van der Waals surface area contributed by atoms with Crippen LogP contribution in [-0.2, 0) is 12.6 Å². The van der Waals surface area contributed by atoms with Gasteiger partial charge in [-0.2, -0.15) is 13.2 Å². The lowest BCUT2D eigenvalue weighted by Crippen LogP contribution is -2.06. The summed E-state index contributed by atoms with van der Waals surface area (Å²) in [6.45, 7) is 2.08. The van der Waals surface area contributed by atoms with E-state index in [1.54, 1.807) is 12.1 Å². The van der Waals surface area contributed by atoms with Crippen LogP contribution in [0.4, 0.5) is 18.9 Å². The highest BCUT2D eigenvalue weighted by Gasteiger charge is 2.31. The summed E-state index contributed by atoms with van der Waals surface area (Å²) in [5, 5.41) is 0. The predicted octanol–water partition coefficient (Wildman–Crippen LogP) is 5.03. The fraction of sp³-hybridized carbons (Fsp3) is 0.250. The second kappa shape index (κ2) is 6.08. The Balaban J connectivity index is 2.21. The molecule has 0 aliphatic rings. The van der Waals surface area contributed by atoms with Gasteiger partial charge in [0.15, 0.2) is 0 Å². The molecule has 0 bridgehead atoms. The van der Waals surface area contributed by atoms with Crippen molar-refractivity contribution < 1.29 is 17.9 Å². The molecule has 2 aromatic carbocycles. The molecule has 0 heterocycles. The Morgan fingerprint density at radius 2 is 1.67 bits per heavy atom. The van der Waals surface area contributed by atoms with Crippen molar-refractivity contribution in [1.82, 2.24) is 0 Å². The monoisotopic (exact) mass is 295 g/mol. The lowest BCUT2D eigenvalue weighted by molar-refractivity contribution is -0.137. The third-order valence-electron chi connectivity index (χ3n) is 2.95. The zero-order valence-electron chi connectivity index (χ0n) is 11.6. The van der Waals surface area contributed by atoms with Gasteiger partial charge in [-0.05, 0) is 36.2 Å². The maximum absolute atomic E-state index is 12.7. The van der Waals surface area contributed by atoms with Crippen molar-refractivity contribution in [2.24, 2.45) is 0 Å². The number of nitrogen functional groups attached to an aromatic ring is 1. The van der Waals surface area contributed by atoms with Crippen LogP contribution in [0, 0.1) is 0 Å². The average molecular weight is 295 g/mol. The minimum atomic E-state index is -4.45. The Morgan fingerprint density at radius 3 is 2.24 bits per heavy atom. The molecule has 0 saturated heterocycles. The molecule has 0 saturated carbocycles. The fourth-order valence-corrected chi connectivity index (χ4v) is 1.99. The van der Waals surface area contributed by atoms with Gasteiger partial charge in [-0.3, -0.25) is 0 Å². The summed E-state index contributed by atoms with van der Waals surface area (Å²) in [5.74, 6) is 0.555. The van der Waals surface area contributed by atoms with Gasteiger partial charge >= 0.3 is 6.18 Å². The van der Waals surface area contributed by atoms with E-state index in [2.05, 4.69) is 6.92 Å². The van der Waals surface area contributed by atoms with E-state index in [4.69, 9.17) is 10.5 Å². The number of halogens is 3. The van der Waals surface area contributed by atoms with Gasteiger partial charge in [-0.25, -0.2) is 0 Å². The van der Waals surface area contributed by atoms with E-state index >= 15 is 0 Å². The van der Waals surface area contributed by atoms with E-state index in [0.29, 0.717) is 5.75 Å². The summed E-state index contributed by atoms with van der Waals surface area (Å²) in [6, 6.07) is 10.5. The number of hydrogen-bond acceptors (Lipinski definition) is 2. The Morgan fingerprint density at radius 1 is 1.00 bits per heavy atom. The minimum absolute atomic E-state index is 0.0161. The highest BCUT2D eigenvalue weighted by atomic mass is 19.4. The summed E-state index contributed by atoms with van der Waals surface area (Å²) < 4.78 is 43.6. The zero-order valence-corrected chi connectivity index (χ0v) is 11.6. The van der Waals surface area contributed by atoms with E-state index in [1.165, 1.54) is 6.07 Å². The third kappa shape index (κ3) is 4.15. The Kier molecular flexibility index (Phi) is 4.40. The fourth-order valence-electron chi connectivity index (χ4n) is 1.99. The first-order chi connectivity index (χ1) is 9.88. The summed E-state index contributed by atoms with van der Waals surface area (Å²) in [4.78, 5) is 0. The molecular formula is C16H16F3NO. The molecule has 2 N–H and O–H groups in total. The normalized spacial score (nSPS) is 11.4. The molecule has 0 radical (unpaired) electrons. The van der Waals surface area contributed by atoms with Crippen LogP contribution in [0.1, 0.15) is 24.5 Å². The number of aryl methyl sites for hydroxylation is 1. The van der Waals surface area contributed by atoms with Crippen molar-refractivity contribution in [3.05, 3.63) is 53.6 Å². The second-order valence-electron chi connectivity index (χ2n) is 4.78. The standard InChI is InChI=1S/C16H16F3NO/c1-2-3-11-4-6-14(7-5-11)21-15-9-12(16(17,18)19)8-13(20)10-15/h4-10H,2-3,20H2,1H3. The molecule has 2 aromatic rings. The number of benzene rings is 2. The smallest absolute Gasteiger partial charge is 0.416 e. The average Bonchev–Trinajstić information content (AvgIpc) is 2.40. The Hall–Kier alpha value is -2.17. The van der Waals surface area contributed by atoms with Gasteiger partial charge in [0.25, 0.3) is 0 Å². The summed E-state index contributed by atoms with van der Waals surface area (Å²) in [6.07, 6.45) is -2.46. The van der Waals surface area contributed by atoms with Crippen LogP contribution in [0.2, 0.25) is 0 Å². The number of hydrogen-bond donors (Lipinski definition) is 1. The van der Waals surface area contributed by atoms with E-state index in [9.17, 15) is 13.2 Å². The summed E-state index contributed by atoms with van der Waals surface area (Å²) in [7, 11) is 0. The molecule has 2 nitrogen and oxygen atoms in total. The maximum atomic E-state index is 12.7. The lowest BCUT2D eigenvalue weighted by Gasteiger charge is -2.11. The molecule has 0 spiro atoms. The quantitative estimate of drug-likeness (QED) is 0.803. The van der Waals surface area contributed by atoms with Crippen molar-refractivity contribution in [2.45, 2.75) is 25.9 Å². The van der Waals surface area contributed by atoms with Crippen molar-refractivity contribution in [1.29, 1.82) is 0 Å². The first-order valence-electron chi connectivity index (χ1n) is 6.63. The van der Waals surface area contributed by atoms with Crippen LogP contribution >= 0.6 is 0 Å². The molecule has 0 atom stereocenters. The van der Waals surface area contributed by atoms with E-state index in [1.807, 2.05) is 12.1 Å². The van der Waals surface area contributed by atoms with Gasteiger partial charge in [0.05, 0.1) is 5.56 Å². The van der Waals surface area contributed by atoms with Gasteiger partial charge in [0.1, 0.15) is 11.5 Å². The topological polar surface area (TPSA) is 35.2 Å². The van der Waals surface area contributed by atoms with Crippen molar-refractivity contribution in [3.63, 3.8) is 0 Å². The zero-order chi connectivity index (χ0) is 15.5. The van der Waals surface area contributed by atoms with Gasteiger partial charge in [0.2, 0.25) is 0 Å². The van der Waals surface area contributed by atoms with Crippen LogP contribution < -0.4 is 10.5 Å². The number of nitrogens with two attached hydrogens (primary N) is 1. The van der Waals surface area contributed by atoms with E-state index in [0.717, 1.165) is 30.5 Å². The van der Waals surface area contributed by atoms with Gasteiger partial charge < -0.3 is 10.5 Å². The summed E-state index contributed by atoms with van der Waals surface area (Å²) >= 11 is 0. The number of rotatable bonds is 4. The molecule has 2 rings (SSSR count). The van der Waals surface area contributed by atoms with Crippen LogP contribution in [0.5, 0.6) is 11.5 Å². The largest absolute Gasteiger partial charge is 0.457 e. The van der Waals surface area contributed by atoms with Gasteiger partial charge in [0, 0.05) is 11.8 Å². The third-order valence-corrected chi connectivity index (χ3v) is 2.95. The molecule has 5 heteroatoms. The molecule has 0 fully saturated rings. The summed E-state index contributed by atoms with van der Waals surface area (Å²) in [5.41, 5.74) is 5.85. The lowest BCUT2D eigenvalue weighted by atomic mass is 10.1. The van der Waals surface area contributed by atoms with Crippen molar-refractivity contribution in [3.8, 4) is 11.5 Å². The molecule has 0 aliphatic heterocycles. The Labute approximate surface area is 121 Å². The number of anilines is 1. The highest BCUT2D eigenvalue weighted by Crippen LogP contribution is 2.34. The van der Waals surface area contributed by atoms with E-state index < -0.39 is 11.7 Å². The highest BCUT2D eigenvalue weighted by molar-refractivity contribution is 5.49. The molecule has 0 unspecified atom stereocenters. The first-order valence-corrected chi connectivity index (χ1v) is 6.63. The number of ether oxygens (including phenoxy) is 1. The second-order valence-corrected chi connectivity index (χ2v) is 4.78. The van der Waals surface area contributed by atoms with Gasteiger partial charge in [-0.1, -0.05) is 25.5 Å². The molecule has 0 amide bonds. The van der Waals surface area contributed by atoms with Gasteiger partial charge in [-0.15, -0.1) is 0 Å². The molecule has 0 aliphatic carbocycles. The Bertz CT molecular complexity index is 606. The molecular weight excluding hydrogens is 279 g/mol. The first kappa shape index (κ1) is 15.2. The molecule has 112 valence electrons. The van der Waals surface area contributed by atoms with Crippen LogP contribution in [0.3, 0.4) is 0 Å². The SMILES string of the molecule is CCCc1ccc(Oc2cc(N)cc(C(F)(F)F)c2)cc1. The maximum Gasteiger partial charge on any atom is 0.416 e. The minimum Gasteiger partial charge on any atom is -0.457 e.